The summed E-state index contributed by atoms with van der Waals surface area (Å²) in [5.74, 6) is -0.328. The van der Waals surface area contributed by atoms with Crippen LogP contribution in [0.15, 0.2) is 12.3 Å². The van der Waals surface area contributed by atoms with E-state index in [2.05, 4.69) is 11.0 Å². The van der Waals surface area contributed by atoms with Gasteiger partial charge in [-0.15, -0.1) is 6.58 Å². The molecule has 0 aromatic rings. The summed E-state index contributed by atoms with van der Waals surface area (Å²) in [6.07, 6.45) is 0. The van der Waals surface area contributed by atoms with Crippen molar-refractivity contribution in [3.05, 3.63) is 12.3 Å². The van der Waals surface area contributed by atoms with E-state index in [9.17, 15) is 4.79 Å². The van der Waals surface area contributed by atoms with Crippen molar-refractivity contribution >= 4 is 15.3 Å². The van der Waals surface area contributed by atoms with Gasteiger partial charge in [-0.05, 0) is 5.70 Å². The molecule has 0 aliphatic heterocycles. The summed E-state index contributed by atoms with van der Waals surface area (Å²) in [7, 11) is -0.0235. The first-order valence-electron chi connectivity index (χ1n) is 2.42. The van der Waals surface area contributed by atoms with E-state index < -0.39 is 9.28 Å². The fourth-order valence-corrected chi connectivity index (χ4v) is 0.925. The summed E-state index contributed by atoms with van der Waals surface area (Å²) >= 11 is 0. The summed E-state index contributed by atoms with van der Waals surface area (Å²) in [6, 6.07) is 0. The Balaban J connectivity index is 3.55. The van der Waals surface area contributed by atoms with Gasteiger partial charge in [0, 0.05) is 14.0 Å². The molecule has 0 saturated carbocycles. The van der Waals surface area contributed by atoms with Crippen LogP contribution >= 0.6 is 0 Å². The van der Waals surface area contributed by atoms with Crippen molar-refractivity contribution in [2.45, 2.75) is 6.92 Å². The van der Waals surface area contributed by atoms with E-state index in [1.165, 1.54) is 19.7 Å². The van der Waals surface area contributed by atoms with Gasteiger partial charge in [0.1, 0.15) is 0 Å². The molecule has 0 amide bonds. The zero-order valence-electron chi connectivity index (χ0n) is 5.51. The first kappa shape index (κ1) is 8.39. The number of hydrogen-bond donors (Lipinski definition) is 0. The Morgan fingerprint density at radius 1 is 1.78 bits per heavy atom. The van der Waals surface area contributed by atoms with E-state index in [0.29, 0.717) is 0 Å². The molecule has 0 heterocycles. The van der Waals surface area contributed by atoms with Crippen LogP contribution in [0.3, 0.4) is 0 Å². The Hall–Kier alpha value is -0.613. The van der Waals surface area contributed by atoms with Crippen molar-refractivity contribution in [2.24, 2.45) is 0 Å². The molecule has 51 valence electrons. The second kappa shape index (κ2) is 4.28. The van der Waals surface area contributed by atoms with E-state index in [1.54, 1.807) is 0 Å². The molecule has 0 saturated heterocycles. The van der Waals surface area contributed by atoms with Crippen molar-refractivity contribution in [3.8, 4) is 0 Å². The standard InChI is InChI=1S/C5H9O3Si/c1-4-9(7-3)8-5(2)6/h4H,1H2,2-3H3. The van der Waals surface area contributed by atoms with E-state index in [-0.39, 0.29) is 5.97 Å². The Labute approximate surface area is 56.1 Å². The molecule has 0 aliphatic rings. The quantitative estimate of drug-likeness (QED) is 0.539. The lowest BCUT2D eigenvalue weighted by molar-refractivity contribution is -0.133. The molecule has 0 spiro atoms. The zero-order chi connectivity index (χ0) is 7.28. The average molecular weight is 145 g/mol. The van der Waals surface area contributed by atoms with Crippen LogP contribution in [0.4, 0.5) is 0 Å². The third-order valence-corrected chi connectivity index (χ3v) is 1.84. The van der Waals surface area contributed by atoms with Crippen molar-refractivity contribution < 1.29 is 13.6 Å². The molecule has 0 aliphatic carbocycles. The normalized spacial score (nSPS) is 9.22. The lowest BCUT2D eigenvalue weighted by atomic mass is 10.9. The van der Waals surface area contributed by atoms with Gasteiger partial charge in [-0.2, -0.15) is 0 Å². The highest BCUT2D eigenvalue weighted by Gasteiger charge is 2.11. The van der Waals surface area contributed by atoms with Crippen LogP contribution in [0.2, 0.25) is 0 Å². The third-order valence-electron chi connectivity index (χ3n) is 0.612. The number of carbonyl (C=O) groups is 1. The maximum absolute atomic E-state index is 10.2. The molecule has 9 heavy (non-hydrogen) atoms. The van der Waals surface area contributed by atoms with Crippen LogP contribution in [0.1, 0.15) is 6.92 Å². The minimum absolute atomic E-state index is 0.328. The molecule has 0 unspecified atom stereocenters. The lowest BCUT2D eigenvalue weighted by Crippen LogP contribution is -2.20. The molecule has 0 aromatic carbocycles. The molecule has 1 radical (unpaired) electrons. The summed E-state index contributed by atoms with van der Waals surface area (Å²) in [5.41, 5.74) is 1.51. The molecule has 3 nitrogen and oxygen atoms in total. The third kappa shape index (κ3) is 3.93. The van der Waals surface area contributed by atoms with Crippen LogP contribution < -0.4 is 0 Å². The fourth-order valence-electron chi connectivity index (χ4n) is 0.308. The molecule has 0 atom stereocenters. The van der Waals surface area contributed by atoms with Gasteiger partial charge in [0.2, 0.25) is 0 Å². The molecule has 0 fully saturated rings. The minimum Gasteiger partial charge on any atom is -0.489 e. The monoisotopic (exact) mass is 145 g/mol. The van der Waals surface area contributed by atoms with Gasteiger partial charge in [-0.25, -0.2) is 0 Å². The second-order valence-corrected chi connectivity index (χ2v) is 2.98. The Morgan fingerprint density at radius 2 is 2.33 bits per heavy atom. The van der Waals surface area contributed by atoms with E-state index in [0.717, 1.165) is 0 Å². The van der Waals surface area contributed by atoms with E-state index >= 15 is 0 Å². The SMILES string of the molecule is C=C[Si](OC)OC(C)=O. The highest BCUT2D eigenvalue weighted by molar-refractivity contribution is 6.52. The van der Waals surface area contributed by atoms with Gasteiger partial charge in [0.25, 0.3) is 5.97 Å². The minimum atomic E-state index is -1.51. The van der Waals surface area contributed by atoms with Gasteiger partial charge in [0.05, 0.1) is 0 Å². The molecule has 0 aromatic heterocycles. The summed E-state index contributed by atoms with van der Waals surface area (Å²) < 4.78 is 9.42. The van der Waals surface area contributed by atoms with Crippen molar-refractivity contribution in [2.75, 3.05) is 7.11 Å². The Morgan fingerprint density at radius 3 is 2.44 bits per heavy atom. The van der Waals surface area contributed by atoms with Crippen LogP contribution in [0.25, 0.3) is 0 Å². The van der Waals surface area contributed by atoms with E-state index in [1.807, 2.05) is 0 Å². The molecular weight excluding hydrogens is 136 g/mol. The topological polar surface area (TPSA) is 35.5 Å². The average Bonchev–Trinajstić information content (AvgIpc) is 1.82. The van der Waals surface area contributed by atoms with Gasteiger partial charge >= 0.3 is 9.28 Å². The van der Waals surface area contributed by atoms with Crippen molar-refractivity contribution in [1.82, 2.24) is 0 Å². The summed E-state index contributed by atoms with van der Waals surface area (Å²) in [5, 5.41) is 0. The number of rotatable bonds is 3. The first-order valence-corrected chi connectivity index (χ1v) is 3.82. The van der Waals surface area contributed by atoms with Gasteiger partial charge in [-0.3, -0.25) is 4.79 Å². The summed E-state index contributed by atoms with van der Waals surface area (Å²) in [4.78, 5) is 10.2. The molecular formula is C5H9O3Si. The molecule has 0 rings (SSSR count). The second-order valence-electron chi connectivity index (χ2n) is 1.32. The predicted octanol–water partition coefficient (Wildman–Crippen LogP) is 0.409. The Kier molecular flexibility index (Phi) is 3.99. The predicted molar refractivity (Wildman–Crippen MR) is 34.7 cm³/mol. The van der Waals surface area contributed by atoms with Gasteiger partial charge in [0.15, 0.2) is 0 Å². The fraction of sp³-hybridized carbons (Fsp3) is 0.400. The highest BCUT2D eigenvalue weighted by Crippen LogP contribution is 1.87. The highest BCUT2D eigenvalue weighted by atomic mass is 28.3. The van der Waals surface area contributed by atoms with Crippen LogP contribution in [0, 0.1) is 0 Å². The van der Waals surface area contributed by atoms with Crippen molar-refractivity contribution in [1.29, 1.82) is 0 Å². The van der Waals surface area contributed by atoms with Gasteiger partial charge < -0.3 is 8.85 Å². The van der Waals surface area contributed by atoms with Gasteiger partial charge in [-0.1, -0.05) is 0 Å². The maximum Gasteiger partial charge on any atom is 0.490 e. The van der Waals surface area contributed by atoms with Crippen LogP contribution in [-0.4, -0.2) is 22.4 Å². The number of hydrogen-bond acceptors (Lipinski definition) is 3. The molecule has 0 bridgehead atoms. The molecule has 4 heteroatoms. The maximum atomic E-state index is 10.2. The smallest absolute Gasteiger partial charge is 0.489 e. The number of carbonyl (C=O) groups excluding carboxylic acids is 1. The zero-order valence-corrected chi connectivity index (χ0v) is 6.51. The van der Waals surface area contributed by atoms with Crippen LogP contribution in [-0.2, 0) is 13.6 Å². The first-order chi connectivity index (χ1) is 4.20. The lowest BCUT2D eigenvalue weighted by Gasteiger charge is -2.04. The van der Waals surface area contributed by atoms with Crippen molar-refractivity contribution in [3.63, 3.8) is 0 Å². The Bertz CT molecular complexity index is 113. The van der Waals surface area contributed by atoms with E-state index in [4.69, 9.17) is 4.43 Å². The largest absolute Gasteiger partial charge is 0.490 e. The summed E-state index contributed by atoms with van der Waals surface area (Å²) in [6.45, 7) is 4.77. The molecule has 0 N–H and O–H groups in total. The van der Waals surface area contributed by atoms with Crippen LogP contribution in [0.5, 0.6) is 0 Å².